The van der Waals surface area contributed by atoms with Gasteiger partial charge in [0.2, 0.25) is 11.7 Å². The molecule has 0 unspecified atom stereocenters. The van der Waals surface area contributed by atoms with Gasteiger partial charge in [0.25, 0.3) is 0 Å². The first-order valence-corrected chi connectivity index (χ1v) is 10.4. The first-order valence-electron chi connectivity index (χ1n) is 9.56. The Morgan fingerprint density at radius 3 is 2.39 bits per heavy atom. The largest absolute Gasteiger partial charge is 0.427 e. The number of aromatic nitrogens is 2. The summed E-state index contributed by atoms with van der Waals surface area (Å²) >= 11 is 1.53. The molecule has 0 bridgehead atoms. The van der Waals surface area contributed by atoms with Crippen LogP contribution in [-0.4, -0.2) is 21.9 Å². The fourth-order valence-electron chi connectivity index (χ4n) is 2.87. The Labute approximate surface area is 181 Å². The summed E-state index contributed by atoms with van der Waals surface area (Å²) in [5.74, 6) is 0.331. The molecule has 0 spiro atoms. The van der Waals surface area contributed by atoms with Crippen molar-refractivity contribution in [3.05, 3.63) is 88.9 Å². The van der Waals surface area contributed by atoms with Gasteiger partial charge in [-0.25, -0.2) is 4.39 Å². The van der Waals surface area contributed by atoms with Crippen molar-refractivity contribution in [1.29, 1.82) is 0 Å². The second-order valence-electron chi connectivity index (χ2n) is 6.68. The summed E-state index contributed by atoms with van der Waals surface area (Å²) < 4.78 is 23.5. The summed E-state index contributed by atoms with van der Waals surface area (Å²) in [5, 5.41) is 5.87. The average Bonchev–Trinajstić information content (AvgIpc) is 3.46. The third-order valence-electron chi connectivity index (χ3n) is 4.44. The maximum atomic E-state index is 13.0. The molecule has 0 saturated heterocycles. The molecule has 6 nitrogen and oxygen atoms in total. The molecule has 2 heterocycles. The molecule has 0 atom stereocenters. The fourth-order valence-corrected chi connectivity index (χ4v) is 3.52. The van der Waals surface area contributed by atoms with Crippen LogP contribution in [0.1, 0.15) is 34.7 Å². The van der Waals surface area contributed by atoms with E-state index in [0.29, 0.717) is 41.4 Å². The summed E-state index contributed by atoms with van der Waals surface area (Å²) in [6, 6.07) is 15.4. The normalized spacial score (nSPS) is 10.7. The van der Waals surface area contributed by atoms with E-state index in [9.17, 15) is 14.0 Å². The number of carbonyl (C=O) groups is 2. The van der Waals surface area contributed by atoms with Gasteiger partial charge in [-0.2, -0.15) is 4.98 Å². The number of hydrogen-bond donors (Lipinski definition) is 0. The van der Waals surface area contributed by atoms with E-state index in [1.54, 1.807) is 24.3 Å². The topological polar surface area (TPSA) is 82.3 Å². The Morgan fingerprint density at radius 1 is 1.00 bits per heavy atom. The third-order valence-corrected chi connectivity index (χ3v) is 5.30. The van der Waals surface area contributed by atoms with Crippen LogP contribution in [0.3, 0.4) is 0 Å². The number of aryl methyl sites for hydroxylation is 1. The van der Waals surface area contributed by atoms with Gasteiger partial charge in [-0.05, 0) is 66.4 Å². The van der Waals surface area contributed by atoms with Gasteiger partial charge in [0.1, 0.15) is 11.6 Å². The highest BCUT2D eigenvalue weighted by molar-refractivity contribution is 7.13. The summed E-state index contributed by atoms with van der Waals surface area (Å²) in [6.45, 7) is 0. The number of carbonyl (C=O) groups excluding carboxylic acids is 2. The van der Waals surface area contributed by atoms with Gasteiger partial charge in [-0.1, -0.05) is 11.2 Å². The lowest BCUT2D eigenvalue weighted by atomic mass is 10.0. The van der Waals surface area contributed by atoms with Crippen LogP contribution >= 0.6 is 11.3 Å². The van der Waals surface area contributed by atoms with Crippen molar-refractivity contribution in [1.82, 2.24) is 10.1 Å². The predicted molar refractivity (Wildman–Crippen MR) is 112 cm³/mol. The molecule has 2 aromatic carbocycles. The molecule has 0 fully saturated rings. The number of nitrogens with zero attached hydrogens (tertiary/aromatic N) is 2. The van der Waals surface area contributed by atoms with Crippen LogP contribution in [0.25, 0.3) is 10.7 Å². The molecule has 0 aliphatic rings. The van der Waals surface area contributed by atoms with Crippen molar-refractivity contribution < 1.29 is 23.2 Å². The van der Waals surface area contributed by atoms with E-state index < -0.39 is 11.8 Å². The highest BCUT2D eigenvalue weighted by atomic mass is 32.1. The maximum Gasteiger partial charge on any atom is 0.311 e. The monoisotopic (exact) mass is 436 g/mol. The van der Waals surface area contributed by atoms with Gasteiger partial charge in [-0.15, -0.1) is 11.3 Å². The standard InChI is InChI=1S/C23H17FN2O4S/c24-17-10-6-15(7-11-17)22(28)16-8-12-18(13-9-16)29-21(27)5-1-4-20-25-23(26-30-20)19-3-2-14-31-19/h2-3,6-14H,1,4-5H2. The second kappa shape index (κ2) is 9.44. The van der Waals surface area contributed by atoms with E-state index in [1.807, 2.05) is 17.5 Å². The first kappa shape index (κ1) is 20.6. The average molecular weight is 436 g/mol. The Hall–Kier alpha value is -3.65. The molecule has 31 heavy (non-hydrogen) atoms. The Balaban J connectivity index is 1.26. The Morgan fingerprint density at radius 2 is 1.71 bits per heavy atom. The van der Waals surface area contributed by atoms with Crippen LogP contribution in [0.2, 0.25) is 0 Å². The summed E-state index contributed by atoms with van der Waals surface area (Å²) in [6.07, 6.45) is 1.16. The quantitative estimate of drug-likeness (QED) is 0.217. The number of ketones is 1. The number of benzene rings is 2. The zero-order valence-electron chi connectivity index (χ0n) is 16.3. The molecule has 8 heteroatoms. The van der Waals surface area contributed by atoms with Crippen molar-refractivity contribution in [2.24, 2.45) is 0 Å². The molecule has 4 rings (SSSR count). The summed E-state index contributed by atoms with van der Waals surface area (Å²) in [4.78, 5) is 29.7. The minimum atomic E-state index is -0.402. The van der Waals surface area contributed by atoms with E-state index in [1.165, 1.54) is 35.6 Å². The first-order chi connectivity index (χ1) is 15.1. The van der Waals surface area contributed by atoms with Gasteiger partial charge in [0.05, 0.1) is 4.88 Å². The van der Waals surface area contributed by atoms with Crippen LogP contribution in [-0.2, 0) is 11.2 Å². The van der Waals surface area contributed by atoms with Crippen LogP contribution < -0.4 is 4.74 Å². The number of rotatable bonds is 8. The number of ether oxygens (including phenoxy) is 1. The number of halogens is 1. The van der Waals surface area contributed by atoms with E-state index in [2.05, 4.69) is 10.1 Å². The zero-order valence-corrected chi connectivity index (χ0v) is 17.1. The second-order valence-corrected chi connectivity index (χ2v) is 7.62. The molecule has 0 saturated carbocycles. The lowest BCUT2D eigenvalue weighted by molar-refractivity contribution is -0.134. The summed E-state index contributed by atoms with van der Waals surface area (Å²) in [7, 11) is 0. The SMILES string of the molecule is O=C(CCCc1nc(-c2cccs2)no1)Oc1ccc(C(=O)c2ccc(F)cc2)cc1. The van der Waals surface area contributed by atoms with Gasteiger partial charge in [0, 0.05) is 24.0 Å². The molecule has 0 amide bonds. The van der Waals surface area contributed by atoms with Gasteiger partial charge in [-0.3, -0.25) is 9.59 Å². The summed E-state index contributed by atoms with van der Waals surface area (Å²) in [5.41, 5.74) is 0.804. The molecule has 0 N–H and O–H groups in total. The van der Waals surface area contributed by atoms with Gasteiger partial charge in [0.15, 0.2) is 5.78 Å². The smallest absolute Gasteiger partial charge is 0.311 e. The van der Waals surface area contributed by atoms with Crippen LogP contribution in [0, 0.1) is 5.82 Å². The zero-order chi connectivity index (χ0) is 21.6. The van der Waals surface area contributed by atoms with E-state index in [4.69, 9.17) is 9.26 Å². The number of esters is 1. The molecular formula is C23H17FN2O4S. The van der Waals surface area contributed by atoms with Crippen molar-refractivity contribution in [2.75, 3.05) is 0 Å². The fraction of sp³-hybridized carbons (Fsp3) is 0.130. The lowest BCUT2D eigenvalue weighted by Gasteiger charge is -2.05. The van der Waals surface area contributed by atoms with Crippen molar-refractivity contribution in [3.63, 3.8) is 0 Å². The molecule has 4 aromatic rings. The molecule has 156 valence electrons. The predicted octanol–water partition coefficient (Wildman–Crippen LogP) is 5.10. The van der Waals surface area contributed by atoms with Crippen molar-refractivity contribution in [3.8, 4) is 16.5 Å². The minimum Gasteiger partial charge on any atom is -0.427 e. The lowest BCUT2D eigenvalue weighted by Crippen LogP contribution is -2.08. The van der Waals surface area contributed by atoms with Gasteiger partial charge < -0.3 is 9.26 Å². The molecule has 0 aliphatic carbocycles. The molecular weight excluding hydrogens is 419 g/mol. The van der Waals surface area contributed by atoms with Gasteiger partial charge >= 0.3 is 5.97 Å². The van der Waals surface area contributed by atoms with E-state index in [-0.39, 0.29) is 12.2 Å². The van der Waals surface area contributed by atoms with Crippen LogP contribution in [0.4, 0.5) is 4.39 Å². The highest BCUT2D eigenvalue weighted by Gasteiger charge is 2.12. The number of thiophene rings is 1. The molecule has 0 radical (unpaired) electrons. The maximum absolute atomic E-state index is 13.0. The number of hydrogen-bond acceptors (Lipinski definition) is 7. The molecule has 2 aromatic heterocycles. The highest BCUT2D eigenvalue weighted by Crippen LogP contribution is 2.22. The third kappa shape index (κ3) is 5.29. The molecule has 0 aliphatic heterocycles. The van der Waals surface area contributed by atoms with E-state index in [0.717, 1.165) is 4.88 Å². The van der Waals surface area contributed by atoms with E-state index >= 15 is 0 Å². The van der Waals surface area contributed by atoms with Crippen molar-refractivity contribution >= 4 is 23.1 Å². The Bertz CT molecular complexity index is 1170. The van der Waals surface area contributed by atoms with Crippen LogP contribution in [0.5, 0.6) is 5.75 Å². The Kier molecular flexibility index (Phi) is 6.28. The van der Waals surface area contributed by atoms with Crippen LogP contribution in [0.15, 0.2) is 70.6 Å². The van der Waals surface area contributed by atoms with Crippen molar-refractivity contribution in [2.45, 2.75) is 19.3 Å². The minimum absolute atomic E-state index is 0.187.